The summed E-state index contributed by atoms with van der Waals surface area (Å²) >= 11 is 0. The predicted octanol–water partition coefficient (Wildman–Crippen LogP) is 4.11. The minimum absolute atomic E-state index is 0. The van der Waals surface area contributed by atoms with E-state index in [1.54, 1.807) is 18.6 Å². The van der Waals surface area contributed by atoms with Gasteiger partial charge >= 0.3 is 0 Å². The van der Waals surface area contributed by atoms with Gasteiger partial charge in [-0.05, 0) is 23.3 Å². The third-order valence-corrected chi connectivity index (χ3v) is 4.86. The molecule has 0 radical (unpaired) electrons. The van der Waals surface area contributed by atoms with Crippen LogP contribution in [0.4, 0.5) is 14.7 Å². The van der Waals surface area contributed by atoms with Crippen molar-refractivity contribution in [3.63, 3.8) is 0 Å². The molecule has 0 aliphatic heterocycles. The van der Waals surface area contributed by atoms with E-state index in [1.165, 1.54) is 0 Å². The lowest BCUT2D eigenvalue weighted by molar-refractivity contribution is -0.0794. The molecule has 2 heterocycles. The van der Waals surface area contributed by atoms with Gasteiger partial charge in [0.25, 0.3) is 5.92 Å². The highest BCUT2D eigenvalue weighted by Crippen LogP contribution is 2.39. The van der Waals surface area contributed by atoms with Crippen molar-refractivity contribution >= 4 is 22.6 Å². The van der Waals surface area contributed by atoms with E-state index in [-0.39, 0.29) is 21.7 Å². The SMILES string of the molecule is FC1(F)CC(Nc2ncc3c(n2)CC=C3c2ccc3nccnc3c2)C1.[HH].[HH]. The van der Waals surface area contributed by atoms with Crippen LogP contribution >= 0.6 is 0 Å². The molecule has 0 atom stereocenters. The topological polar surface area (TPSA) is 63.6 Å². The zero-order valence-electron chi connectivity index (χ0n) is 13.8. The van der Waals surface area contributed by atoms with E-state index in [4.69, 9.17) is 0 Å². The maximum absolute atomic E-state index is 13.0. The van der Waals surface area contributed by atoms with Gasteiger partial charge < -0.3 is 5.32 Å². The molecule has 0 saturated heterocycles. The molecule has 0 unspecified atom stereocenters. The quantitative estimate of drug-likeness (QED) is 0.766. The zero-order chi connectivity index (χ0) is 17.7. The number of benzene rings is 1. The van der Waals surface area contributed by atoms with Crippen LogP contribution in [0.1, 0.15) is 32.5 Å². The third-order valence-electron chi connectivity index (χ3n) is 4.86. The molecule has 0 spiro atoms. The van der Waals surface area contributed by atoms with Crippen LogP contribution in [0.2, 0.25) is 0 Å². The largest absolute Gasteiger partial charge is 0.351 e. The summed E-state index contributed by atoms with van der Waals surface area (Å²) in [6.07, 6.45) is 7.60. The lowest BCUT2D eigenvalue weighted by Crippen LogP contribution is -2.44. The van der Waals surface area contributed by atoms with Gasteiger partial charge in [-0.1, -0.05) is 12.1 Å². The lowest BCUT2D eigenvalue weighted by Gasteiger charge is -2.35. The van der Waals surface area contributed by atoms with Gasteiger partial charge in [0, 0.05) is 52.3 Å². The van der Waals surface area contributed by atoms with Gasteiger partial charge in [-0.15, -0.1) is 0 Å². The van der Waals surface area contributed by atoms with Gasteiger partial charge in [-0.2, -0.15) is 0 Å². The van der Waals surface area contributed by atoms with Crippen LogP contribution < -0.4 is 5.32 Å². The Kier molecular flexibility index (Phi) is 3.25. The maximum atomic E-state index is 13.0. The molecular formula is C19H19F2N5. The number of allylic oxidation sites excluding steroid dienone is 1. The van der Waals surface area contributed by atoms with Crippen LogP contribution in [-0.2, 0) is 6.42 Å². The first-order valence-electron chi connectivity index (χ1n) is 8.49. The molecule has 7 heteroatoms. The van der Waals surface area contributed by atoms with Crippen LogP contribution in [0.25, 0.3) is 16.6 Å². The Morgan fingerprint density at radius 3 is 2.69 bits per heavy atom. The first-order valence-corrected chi connectivity index (χ1v) is 8.49. The van der Waals surface area contributed by atoms with Crippen molar-refractivity contribution in [2.24, 2.45) is 0 Å². The summed E-state index contributed by atoms with van der Waals surface area (Å²) in [5, 5.41) is 3.00. The van der Waals surface area contributed by atoms with Gasteiger partial charge in [-0.25, -0.2) is 18.7 Å². The number of fused-ring (bicyclic) bond motifs is 2. The highest BCUT2D eigenvalue weighted by atomic mass is 19.3. The fourth-order valence-electron chi connectivity index (χ4n) is 3.53. The minimum atomic E-state index is -2.55. The fourth-order valence-corrected chi connectivity index (χ4v) is 3.53. The molecule has 1 N–H and O–H groups in total. The highest BCUT2D eigenvalue weighted by Gasteiger charge is 2.45. The van der Waals surface area contributed by atoms with Crippen LogP contribution in [0.3, 0.4) is 0 Å². The minimum Gasteiger partial charge on any atom is -0.351 e. The second kappa shape index (κ2) is 5.52. The first kappa shape index (κ1) is 15.3. The van der Waals surface area contributed by atoms with Crippen molar-refractivity contribution in [3.8, 4) is 0 Å². The molecule has 2 aromatic heterocycles. The number of nitrogens with one attached hydrogen (secondary N) is 1. The molecule has 134 valence electrons. The van der Waals surface area contributed by atoms with Gasteiger partial charge in [0.15, 0.2) is 0 Å². The number of aromatic nitrogens is 4. The maximum Gasteiger partial charge on any atom is 0.252 e. The molecule has 5 nitrogen and oxygen atoms in total. The average molecular weight is 355 g/mol. The molecule has 0 bridgehead atoms. The number of alkyl halides is 2. The van der Waals surface area contributed by atoms with Crippen LogP contribution in [0.15, 0.2) is 42.9 Å². The van der Waals surface area contributed by atoms with Crippen molar-refractivity contribution in [3.05, 3.63) is 59.7 Å². The summed E-state index contributed by atoms with van der Waals surface area (Å²) < 4.78 is 25.9. The number of nitrogens with zero attached hydrogens (tertiary/aromatic N) is 4. The van der Waals surface area contributed by atoms with Gasteiger partial charge in [-0.3, -0.25) is 9.97 Å². The Balaban J connectivity index is 0.00000112. The molecule has 3 aromatic rings. The summed E-state index contributed by atoms with van der Waals surface area (Å²) in [6.45, 7) is 0. The Bertz CT molecular complexity index is 1050. The number of hydrogen-bond acceptors (Lipinski definition) is 5. The van der Waals surface area contributed by atoms with Crippen molar-refractivity contribution in [2.45, 2.75) is 31.2 Å². The highest BCUT2D eigenvalue weighted by molar-refractivity contribution is 5.88. The number of hydrogen-bond donors (Lipinski definition) is 1. The van der Waals surface area contributed by atoms with Gasteiger partial charge in [0.1, 0.15) is 0 Å². The van der Waals surface area contributed by atoms with Crippen LogP contribution in [-0.4, -0.2) is 31.9 Å². The lowest BCUT2D eigenvalue weighted by atomic mass is 9.88. The number of halogens is 2. The normalized spacial score (nSPS) is 18.3. The van der Waals surface area contributed by atoms with E-state index in [2.05, 4.69) is 31.3 Å². The molecule has 2 aliphatic rings. The molecule has 2 aliphatic carbocycles. The van der Waals surface area contributed by atoms with Gasteiger partial charge in [0.2, 0.25) is 5.95 Å². The molecule has 5 rings (SSSR count). The monoisotopic (exact) mass is 355 g/mol. The molecule has 26 heavy (non-hydrogen) atoms. The van der Waals surface area contributed by atoms with E-state index in [1.807, 2.05) is 18.2 Å². The second-order valence-electron chi connectivity index (χ2n) is 6.74. The van der Waals surface area contributed by atoms with E-state index in [0.717, 1.165) is 33.4 Å². The Morgan fingerprint density at radius 1 is 1.08 bits per heavy atom. The smallest absolute Gasteiger partial charge is 0.252 e. The molecule has 0 amide bonds. The summed E-state index contributed by atoms with van der Waals surface area (Å²) in [4.78, 5) is 17.5. The predicted molar refractivity (Wildman–Crippen MR) is 98.2 cm³/mol. The van der Waals surface area contributed by atoms with Crippen LogP contribution in [0.5, 0.6) is 0 Å². The summed E-state index contributed by atoms with van der Waals surface area (Å²) in [6, 6.07) is 5.71. The van der Waals surface area contributed by atoms with E-state index in [9.17, 15) is 8.78 Å². The Hall–Kier alpha value is -2.96. The third kappa shape index (κ3) is 2.60. The van der Waals surface area contributed by atoms with Crippen molar-refractivity contribution in [1.82, 2.24) is 19.9 Å². The number of anilines is 1. The van der Waals surface area contributed by atoms with Crippen LogP contribution in [0, 0.1) is 0 Å². The second-order valence-corrected chi connectivity index (χ2v) is 6.74. The van der Waals surface area contributed by atoms with E-state index >= 15 is 0 Å². The Morgan fingerprint density at radius 2 is 1.88 bits per heavy atom. The average Bonchev–Trinajstić information content (AvgIpc) is 3.03. The van der Waals surface area contributed by atoms with E-state index in [0.29, 0.717) is 12.4 Å². The number of rotatable bonds is 3. The first-order chi connectivity index (χ1) is 12.6. The summed E-state index contributed by atoms with van der Waals surface area (Å²) in [5.41, 5.74) is 5.67. The van der Waals surface area contributed by atoms with Gasteiger partial charge in [0.05, 0.1) is 16.7 Å². The van der Waals surface area contributed by atoms with Crippen molar-refractivity contribution in [2.75, 3.05) is 5.32 Å². The molecule has 1 saturated carbocycles. The molecule has 1 fully saturated rings. The summed E-state index contributed by atoms with van der Waals surface area (Å²) in [7, 11) is 0. The summed E-state index contributed by atoms with van der Waals surface area (Å²) in [5.74, 6) is -2.13. The Labute approximate surface area is 151 Å². The van der Waals surface area contributed by atoms with Crippen molar-refractivity contribution in [1.29, 1.82) is 0 Å². The standard InChI is InChI=1S/C19H15F2N5.2H2/c20-19(21)8-12(9-19)25-18-24-10-14-13(2-4-15(14)26-18)11-1-3-16-17(7-11)23-6-5-22-16;;/h1-3,5-7,10,12H,4,8-9H2,(H,24,25,26);2*1H. The fraction of sp³-hybridized carbons (Fsp3) is 0.263. The molecular weight excluding hydrogens is 336 g/mol. The van der Waals surface area contributed by atoms with Crippen molar-refractivity contribution < 1.29 is 11.6 Å². The zero-order valence-corrected chi connectivity index (χ0v) is 13.8. The van der Waals surface area contributed by atoms with E-state index < -0.39 is 5.92 Å². The molecule has 1 aromatic carbocycles.